The van der Waals surface area contributed by atoms with Gasteiger partial charge in [0, 0.05) is 0 Å². The molecule has 0 spiro atoms. The summed E-state index contributed by atoms with van der Waals surface area (Å²) < 4.78 is 0. The summed E-state index contributed by atoms with van der Waals surface area (Å²) in [7, 11) is 0. The van der Waals surface area contributed by atoms with E-state index in [2.05, 4.69) is 13.8 Å². The Morgan fingerprint density at radius 3 is 2.57 bits per heavy atom. The number of fused-ring (bicyclic) bond motifs is 4. The molecule has 0 aromatic carbocycles. The Labute approximate surface area is 128 Å². The van der Waals surface area contributed by atoms with Crippen LogP contribution < -0.4 is 0 Å². The second kappa shape index (κ2) is 4.58. The zero-order valence-corrected chi connectivity index (χ0v) is 13.6. The van der Waals surface area contributed by atoms with E-state index in [0.29, 0.717) is 5.92 Å². The number of rotatable bonds is 0. The van der Waals surface area contributed by atoms with Crippen LogP contribution in [0.3, 0.4) is 0 Å². The summed E-state index contributed by atoms with van der Waals surface area (Å²) >= 11 is 0. The summed E-state index contributed by atoms with van der Waals surface area (Å²) in [5.74, 6) is 1.44. The van der Waals surface area contributed by atoms with E-state index < -0.39 is 0 Å². The topological polar surface area (TPSA) is 40.5 Å². The maximum atomic E-state index is 10.4. The van der Waals surface area contributed by atoms with Crippen LogP contribution in [0.25, 0.3) is 0 Å². The van der Waals surface area contributed by atoms with Gasteiger partial charge < -0.3 is 10.2 Å². The SMILES string of the molecule is C[C@]12CC[C@@H]3C(=C1CC[C@H](O)C2)CC[C@]1(C)[C@@H](O)CC[C@@H]31. The van der Waals surface area contributed by atoms with Crippen molar-refractivity contribution in [3.05, 3.63) is 11.1 Å². The quantitative estimate of drug-likeness (QED) is 0.666. The van der Waals surface area contributed by atoms with E-state index in [9.17, 15) is 10.2 Å². The average molecular weight is 290 g/mol. The smallest absolute Gasteiger partial charge is 0.0596 e. The second-order valence-corrected chi connectivity index (χ2v) is 8.81. The van der Waals surface area contributed by atoms with Crippen molar-refractivity contribution in [3.63, 3.8) is 0 Å². The van der Waals surface area contributed by atoms with E-state index in [0.717, 1.165) is 31.6 Å². The Kier molecular flexibility index (Phi) is 3.11. The van der Waals surface area contributed by atoms with E-state index in [1.807, 2.05) is 0 Å². The highest BCUT2D eigenvalue weighted by Crippen LogP contribution is 2.62. The van der Waals surface area contributed by atoms with E-state index in [1.165, 1.54) is 32.1 Å². The van der Waals surface area contributed by atoms with Crippen molar-refractivity contribution in [2.75, 3.05) is 0 Å². The minimum Gasteiger partial charge on any atom is -0.393 e. The first kappa shape index (κ1) is 14.3. The predicted octanol–water partition coefficient (Wildman–Crippen LogP) is 3.82. The third-order valence-corrected chi connectivity index (χ3v) is 7.76. The predicted molar refractivity (Wildman–Crippen MR) is 83.8 cm³/mol. The first-order chi connectivity index (χ1) is 9.94. The van der Waals surface area contributed by atoms with E-state index in [4.69, 9.17) is 0 Å². The Hall–Kier alpha value is -0.340. The molecule has 0 amide bonds. The van der Waals surface area contributed by atoms with Crippen molar-refractivity contribution < 1.29 is 10.2 Å². The molecule has 0 aromatic rings. The van der Waals surface area contributed by atoms with Gasteiger partial charge in [-0.3, -0.25) is 0 Å². The highest BCUT2D eigenvalue weighted by atomic mass is 16.3. The van der Waals surface area contributed by atoms with Gasteiger partial charge in [-0.25, -0.2) is 0 Å². The molecule has 21 heavy (non-hydrogen) atoms. The largest absolute Gasteiger partial charge is 0.393 e. The van der Waals surface area contributed by atoms with Gasteiger partial charge in [0.1, 0.15) is 0 Å². The Morgan fingerprint density at radius 2 is 1.76 bits per heavy atom. The molecule has 3 fully saturated rings. The summed E-state index contributed by atoms with van der Waals surface area (Å²) in [5.41, 5.74) is 3.92. The molecule has 6 atom stereocenters. The minimum atomic E-state index is -0.0851. The lowest BCUT2D eigenvalue weighted by molar-refractivity contribution is -0.00642. The first-order valence-corrected chi connectivity index (χ1v) is 9.02. The fourth-order valence-electron chi connectivity index (χ4n) is 6.47. The molecule has 0 radical (unpaired) electrons. The number of allylic oxidation sites excluding steroid dienone is 2. The van der Waals surface area contributed by atoms with Crippen LogP contribution in [0.4, 0.5) is 0 Å². The van der Waals surface area contributed by atoms with Crippen LogP contribution in [0.2, 0.25) is 0 Å². The molecular formula is C19H30O2. The van der Waals surface area contributed by atoms with Crippen LogP contribution in [-0.2, 0) is 0 Å². The molecule has 0 aliphatic heterocycles. The Bertz CT molecular complexity index is 482. The highest BCUT2D eigenvalue weighted by Gasteiger charge is 2.55. The molecule has 4 aliphatic rings. The Morgan fingerprint density at radius 1 is 0.952 bits per heavy atom. The first-order valence-electron chi connectivity index (χ1n) is 9.02. The van der Waals surface area contributed by atoms with Gasteiger partial charge in [0.25, 0.3) is 0 Å². The molecule has 2 heteroatoms. The molecule has 0 bridgehead atoms. The third kappa shape index (κ3) is 1.91. The summed E-state index contributed by atoms with van der Waals surface area (Å²) in [6.07, 6.45) is 10.0. The summed E-state index contributed by atoms with van der Waals surface area (Å²) in [6.45, 7) is 4.74. The van der Waals surface area contributed by atoms with E-state index in [1.54, 1.807) is 11.1 Å². The van der Waals surface area contributed by atoms with Crippen LogP contribution in [-0.4, -0.2) is 22.4 Å². The normalized spacial score (nSPS) is 53.1. The average Bonchev–Trinajstić information content (AvgIpc) is 2.73. The van der Waals surface area contributed by atoms with Crippen LogP contribution in [0.1, 0.15) is 71.6 Å². The fourth-order valence-corrected chi connectivity index (χ4v) is 6.47. The minimum absolute atomic E-state index is 0.0736. The van der Waals surface area contributed by atoms with Crippen LogP contribution >= 0.6 is 0 Å². The third-order valence-electron chi connectivity index (χ3n) is 7.76. The van der Waals surface area contributed by atoms with Crippen LogP contribution in [0.15, 0.2) is 11.1 Å². The van der Waals surface area contributed by atoms with Crippen LogP contribution in [0.5, 0.6) is 0 Å². The summed E-state index contributed by atoms with van der Waals surface area (Å²) in [5, 5.41) is 20.5. The van der Waals surface area contributed by atoms with Gasteiger partial charge in [-0.1, -0.05) is 25.0 Å². The molecule has 3 saturated carbocycles. The lowest BCUT2D eigenvalue weighted by Gasteiger charge is -2.53. The van der Waals surface area contributed by atoms with E-state index >= 15 is 0 Å². The molecule has 4 rings (SSSR count). The van der Waals surface area contributed by atoms with Crippen molar-refractivity contribution in [1.82, 2.24) is 0 Å². The zero-order chi connectivity index (χ0) is 14.8. The van der Waals surface area contributed by atoms with Crippen molar-refractivity contribution in [2.24, 2.45) is 22.7 Å². The second-order valence-electron chi connectivity index (χ2n) is 8.81. The summed E-state index contributed by atoms with van der Waals surface area (Å²) in [6, 6.07) is 0. The maximum absolute atomic E-state index is 10.4. The molecule has 0 unspecified atom stereocenters. The summed E-state index contributed by atoms with van der Waals surface area (Å²) in [4.78, 5) is 0. The van der Waals surface area contributed by atoms with Gasteiger partial charge in [-0.05, 0) is 80.5 Å². The molecular weight excluding hydrogens is 260 g/mol. The fraction of sp³-hybridized carbons (Fsp3) is 0.895. The molecule has 2 N–H and O–H groups in total. The lowest BCUT2D eigenvalue weighted by atomic mass is 9.53. The molecule has 0 aromatic heterocycles. The highest BCUT2D eigenvalue weighted by molar-refractivity contribution is 5.32. The molecule has 0 saturated heterocycles. The van der Waals surface area contributed by atoms with Gasteiger partial charge in [-0.2, -0.15) is 0 Å². The number of hydrogen-bond donors (Lipinski definition) is 2. The van der Waals surface area contributed by atoms with Crippen molar-refractivity contribution in [3.8, 4) is 0 Å². The van der Waals surface area contributed by atoms with Crippen molar-refractivity contribution >= 4 is 0 Å². The Balaban J connectivity index is 1.71. The van der Waals surface area contributed by atoms with Gasteiger partial charge in [-0.15, -0.1) is 0 Å². The van der Waals surface area contributed by atoms with Crippen molar-refractivity contribution in [1.29, 1.82) is 0 Å². The zero-order valence-electron chi connectivity index (χ0n) is 13.6. The van der Waals surface area contributed by atoms with Crippen LogP contribution in [0, 0.1) is 22.7 Å². The lowest BCUT2D eigenvalue weighted by Crippen LogP contribution is -2.45. The standard InChI is InChI=1S/C19H30O2/c1-18-9-7-14-13(15(18)4-3-12(20)11-18)8-10-19(2)16(14)5-6-17(19)21/h12,14,16-17,20-21H,3-11H2,1-2H3/t12-,14+,16-,17-,18+,19-/m0/s1. The van der Waals surface area contributed by atoms with Gasteiger partial charge >= 0.3 is 0 Å². The van der Waals surface area contributed by atoms with Gasteiger partial charge in [0.2, 0.25) is 0 Å². The maximum Gasteiger partial charge on any atom is 0.0596 e. The number of aliphatic hydroxyl groups is 2. The molecule has 2 nitrogen and oxygen atoms in total. The number of hydrogen-bond acceptors (Lipinski definition) is 2. The van der Waals surface area contributed by atoms with Gasteiger partial charge in [0.05, 0.1) is 12.2 Å². The van der Waals surface area contributed by atoms with E-state index in [-0.39, 0.29) is 23.0 Å². The molecule has 118 valence electrons. The monoisotopic (exact) mass is 290 g/mol. The molecule has 0 heterocycles. The number of aliphatic hydroxyl groups excluding tert-OH is 2. The molecule has 4 aliphatic carbocycles. The van der Waals surface area contributed by atoms with Crippen molar-refractivity contribution in [2.45, 2.75) is 83.8 Å². The van der Waals surface area contributed by atoms with Gasteiger partial charge in [0.15, 0.2) is 0 Å².